The lowest BCUT2D eigenvalue weighted by molar-refractivity contribution is -0.142. The number of carbonyl (C=O) groups is 2. The summed E-state index contributed by atoms with van der Waals surface area (Å²) < 4.78 is 5.42. The molecule has 0 spiro atoms. The number of hydrogen-bond acceptors (Lipinski definition) is 4. The summed E-state index contributed by atoms with van der Waals surface area (Å²) >= 11 is 6.64. The number of nitrogens with zero attached hydrogens (tertiary/aromatic N) is 1. The first-order chi connectivity index (χ1) is 15.5. The second kappa shape index (κ2) is 10.1. The standard InChI is InChI=1S/C27H26ClNO3/c1-19(30)32-18-22-16-24(27(31)21-12-6-3-7-13-21)26(23-14-8-9-15-25(23)28)29(22)17-20-10-4-2-5-11-20/h2-15,22,24,26H,16-18H2,1H3/t22-,24+,26+/m1/s1. The maximum atomic E-state index is 13.6. The predicted molar refractivity (Wildman–Crippen MR) is 125 cm³/mol. The van der Waals surface area contributed by atoms with Gasteiger partial charge in [0.2, 0.25) is 0 Å². The second-order valence-electron chi connectivity index (χ2n) is 8.15. The third-order valence-corrected chi connectivity index (χ3v) is 6.38. The highest BCUT2D eigenvalue weighted by Crippen LogP contribution is 2.45. The zero-order valence-electron chi connectivity index (χ0n) is 18.0. The highest BCUT2D eigenvalue weighted by atomic mass is 35.5. The van der Waals surface area contributed by atoms with Crippen LogP contribution in [-0.2, 0) is 16.1 Å². The van der Waals surface area contributed by atoms with E-state index in [2.05, 4.69) is 17.0 Å². The van der Waals surface area contributed by atoms with Crippen LogP contribution in [0.25, 0.3) is 0 Å². The molecular weight excluding hydrogens is 422 g/mol. The van der Waals surface area contributed by atoms with E-state index in [1.165, 1.54) is 6.92 Å². The predicted octanol–water partition coefficient (Wildman–Crippen LogP) is 5.72. The highest BCUT2D eigenvalue weighted by molar-refractivity contribution is 6.31. The fourth-order valence-corrected chi connectivity index (χ4v) is 4.84. The lowest BCUT2D eigenvalue weighted by atomic mass is 9.86. The summed E-state index contributed by atoms with van der Waals surface area (Å²) in [6.45, 7) is 2.28. The van der Waals surface area contributed by atoms with Crippen LogP contribution in [0.15, 0.2) is 84.9 Å². The molecule has 0 radical (unpaired) electrons. The Hall–Kier alpha value is -2.95. The first-order valence-corrected chi connectivity index (χ1v) is 11.2. The van der Waals surface area contributed by atoms with Gasteiger partial charge in [0.1, 0.15) is 6.61 Å². The molecule has 4 rings (SSSR count). The fraction of sp³-hybridized carbons (Fsp3) is 0.259. The molecule has 1 heterocycles. The maximum absolute atomic E-state index is 13.6. The van der Waals surface area contributed by atoms with Crippen molar-refractivity contribution in [3.05, 3.63) is 107 Å². The zero-order chi connectivity index (χ0) is 22.5. The summed E-state index contributed by atoms with van der Waals surface area (Å²) in [6.07, 6.45) is 0.587. The molecule has 164 valence electrons. The number of likely N-dealkylation sites (tertiary alicyclic amines) is 1. The van der Waals surface area contributed by atoms with Crippen LogP contribution in [0.5, 0.6) is 0 Å². The highest BCUT2D eigenvalue weighted by Gasteiger charge is 2.46. The molecule has 0 aromatic heterocycles. The minimum Gasteiger partial charge on any atom is -0.464 e. The number of esters is 1. The van der Waals surface area contributed by atoms with Crippen LogP contribution in [0.4, 0.5) is 0 Å². The van der Waals surface area contributed by atoms with Crippen LogP contribution in [-0.4, -0.2) is 29.3 Å². The summed E-state index contributed by atoms with van der Waals surface area (Å²) in [4.78, 5) is 27.5. The molecule has 0 unspecified atom stereocenters. The van der Waals surface area contributed by atoms with E-state index in [-0.39, 0.29) is 36.4 Å². The van der Waals surface area contributed by atoms with Crippen molar-refractivity contribution in [1.29, 1.82) is 0 Å². The molecule has 3 aromatic rings. The monoisotopic (exact) mass is 447 g/mol. The van der Waals surface area contributed by atoms with E-state index in [9.17, 15) is 9.59 Å². The summed E-state index contributed by atoms with van der Waals surface area (Å²) in [5.41, 5.74) is 2.73. The Kier molecular flexibility index (Phi) is 7.03. The largest absolute Gasteiger partial charge is 0.464 e. The van der Waals surface area contributed by atoms with E-state index in [1.807, 2.05) is 72.8 Å². The van der Waals surface area contributed by atoms with Gasteiger partial charge in [-0.3, -0.25) is 14.5 Å². The van der Waals surface area contributed by atoms with Crippen molar-refractivity contribution in [2.45, 2.75) is 32.0 Å². The number of carbonyl (C=O) groups excluding carboxylic acids is 2. The molecule has 1 aliphatic heterocycles. The third-order valence-electron chi connectivity index (χ3n) is 6.04. The van der Waals surface area contributed by atoms with E-state index in [0.717, 1.165) is 11.1 Å². The van der Waals surface area contributed by atoms with Crippen molar-refractivity contribution in [2.24, 2.45) is 5.92 Å². The van der Waals surface area contributed by atoms with Crippen molar-refractivity contribution < 1.29 is 14.3 Å². The van der Waals surface area contributed by atoms with Gasteiger partial charge in [0, 0.05) is 42.1 Å². The third kappa shape index (κ3) is 4.93. The van der Waals surface area contributed by atoms with Crippen molar-refractivity contribution >= 4 is 23.4 Å². The molecule has 0 bridgehead atoms. The van der Waals surface area contributed by atoms with Crippen molar-refractivity contribution in [2.75, 3.05) is 6.61 Å². The lowest BCUT2D eigenvalue weighted by Gasteiger charge is -2.32. The van der Waals surface area contributed by atoms with Gasteiger partial charge in [0.05, 0.1) is 0 Å². The van der Waals surface area contributed by atoms with Crippen LogP contribution in [0.1, 0.15) is 40.9 Å². The van der Waals surface area contributed by atoms with E-state index in [1.54, 1.807) is 0 Å². The quantitative estimate of drug-likeness (QED) is 0.343. The normalized spacial score (nSPS) is 20.8. The Balaban J connectivity index is 1.76. The SMILES string of the molecule is CC(=O)OC[C@H]1C[C@H](C(=O)c2ccccc2)[C@H](c2ccccc2Cl)N1Cc1ccccc1. The average Bonchev–Trinajstić information content (AvgIpc) is 3.16. The molecule has 0 saturated carbocycles. The Morgan fingerprint density at radius 2 is 1.56 bits per heavy atom. The molecule has 0 amide bonds. The number of benzene rings is 3. The van der Waals surface area contributed by atoms with E-state index < -0.39 is 0 Å². The Morgan fingerprint density at radius 1 is 0.938 bits per heavy atom. The molecule has 4 nitrogen and oxygen atoms in total. The molecular formula is C27H26ClNO3. The Labute approximate surface area is 193 Å². The van der Waals surface area contributed by atoms with Gasteiger partial charge >= 0.3 is 5.97 Å². The maximum Gasteiger partial charge on any atom is 0.302 e. The second-order valence-corrected chi connectivity index (χ2v) is 8.56. The smallest absolute Gasteiger partial charge is 0.302 e. The van der Waals surface area contributed by atoms with Gasteiger partial charge in [-0.15, -0.1) is 0 Å². The summed E-state index contributed by atoms with van der Waals surface area (Å²) in [6, 6.07) is 26.9. The van der Waals surface area contributed by atoms with Gasteiger partial charge in [-0.05, 0) is 23.6 Å². The molecule has 32 heavy (non-hydrogen) atoms. The minimum atomic E-state index is -0.322. The van der Waals surface area contributed by atoms with Crippen LogP contribution in [0.3, 0.4) is 0 Å². The molecule has 3 aromatic carbocycles. The van der Waals surface area contributed by atoms with Crippen LogP contribution in [0, 0.1) is 5.92 Å². The number of hydrogen-bond donors (Lipinski definition) is 0. The van der Waals surface area contributed by atoms with Crippen LogP contribution >= 0.6 is 11.6 Å². The zero-order valence-corrected chi connectivity index (χ0v) is 18.7. The van der Waals surface area contributed by atoms with Crippen LogP contribution < -0.4 is 0 Å². The van der Waals surface area contributed by atoms with Crippen molar-refractivity contribution in [3.63, 3.8) is 0 Å². The van der Waals surface area contributed by atoms with Crippen molar-refractivity contribution in [3.8, 4) is 0 Å². The molecule has 1 aliphatic rings. The number of halogens is 1. The van der Waals surface area contributed by atoms with Gasteiger partial charge in [-0.1, -0.05) is 90.5 Å². The first kappa shape index (κ1) is 22.3. The number of ether oxygens (including phenoxy) is 1. The number of ketones is 1. The molecule has 5 heteroatoms. The van der Waals surface area contributed by atoms with Gasteiger partial charge in [-0.2, -0.15) is 0 Å². The Bertz CT molecular complexity index is 1070. The van der Waals surface area contributed by atoms with Gasteiger partial charge in [-0.25, -0.2) is 0 Å². The van der Waals surface area contributed by atoms with Crippen LogP contribution in [0.2, 0.25) is 5.02 Å². The number of Topliss-reactive ketones (excluding diaryl/α,β-unsaturated/α-hetero) is 1. The summed E-state index contributed by atoms with van der Waals surface area (Å²) in [7, 11) is 0. The topological polar surface area (TPSA) is 46.6 Å². The van der Waals surface area contributed by atoms with Gasteiger partial charge in [0.15, 0.2) is 5.78 Å². The Morgan fingerprint density at radius 3 is 2.22 bits per heavy atom. The van der Waals surface area contributed by atoms with Gasteiger partial charge < -0.3 is 4.74 Å². The van der Waals surface area contributed by atoms with E-state index in [0.29, 0.717) is 23.6 Å². The summed E-state index contributed by atoms with van der Waals surface area (Å²) in [5.74, 6) is -0.544. The van der Waals surface area contributed by atoms with Gasteiger partial charge in [0.25, 0.3) is 0 Å². The average molecular weight is 448 g/mol. The first-order valence-electron chi connectivity index (χ1n) is 10.8. The van der Waals surface area contributed by atoms with Crippen molar-refractivity contribution in [1.82, 2.24) is 4.90 Å². The molecule has 1 fully saturated rings. The minimum absolute atomic E-state index is 0.0823. The molecule has 0 aliphatic carbocycles. The lowest BCUT2D eigenvalue weighted by Crippen LogP contribution is -2.35. The molecule has 1 saturated heterocycles. The number of rotatable bonds is 7. The molecule has 0 N–H and O–H groups in total. The molecule has 3 atom stereocenters. The van der Waals surface area contributed by atoms with E-state index in [4.69, 9.17) is 16.3 Å². The van der Waals surface area contributed by atoms with E-state index >= 15 is 0 Å². The summed E-state index contributed by atoms with van der Waals surface area (Å²) in [5, 5.41) is 0.634. The fourth-order valence-electron chi connectivity index (χ4n) is 4.59.